The van der Waals surface area contributed by atoms with Gasteiger partial charge in [-0.05, 0) is 12.1 Å². The number of aryl methyl sites for hydroxylation is 1. The number of aromatic nitrogens is 2. The minimum Gasteiger partial charge on any atom is -0.334 e. The molecule has 3 nitrogen and oxygen atoms in total. The Bertz CT molecular complexity index is 520. The predicted molar refractivity (Wildman–Crippen MR) is 74.0 cm³/mol. The van der Waals surface area contributed by atoms with Gasteiger partial charge in [0.25, 0.3) is 0 Å². The maximum atomic E-state index is 12.1. The zero-order valence-electron chi connectivity index (χ0n) is 10.7. The third-order valence-electron chi connectivity index (χ3n) is 2.79. The highest BCUT2D eigenvalue weighted by Gasteiger charge is 2.09. The van der Waals surface area contributed by atoms with E-state index >= 15 is 0 Å². The first-order chi connectivity index (χ1) is 8.68. The van der Waals surface area contributed by atoms with Crippen LogP contribution in [0.5, 0.6) is 0 Å². The molecule has 1 heterocycles. The first-order valence-electron chi connectivity index (χ1n) is 6.13. The average molecular weight is 262 g/mol. The quantitative estimate of drug-likeness (QED) is 0.830. The van der Waals surface area contributed by atoms with Gasteiger partial charge in [-0.3, -0.25) is 4.21 Å². The second-order valence-electron chi connectivity index (χ2n) is 4.50. The van der Waals surface area contributed by atoms with Gasteiger partial charge in [-0.2, -0.15) is 0 Å². The molecule has 1 aromatic heterocycles. The van der Waals surface area contributed by atoms with E-state index in [0.717, 1.165) is 17.3 Å². The van der Waals surface area contributed by atoms with Crippen LogP contribution in [0.25, 0.3) is 0 Å². The van der Waals surface area contributed by atoms with E-state index in [1.54, 1.807) is 6.20 Å². The van der Waals surface area contributed by atoms with Crippen molar-refractivity contribution in [2.45, 2.75) is 31.2 Å². The summed E-state index contributed by atoms with van der Waals surface area (Å²) in [6, 6.07) is 9.60. The van der Waals surface area contributed by atoms with Crippen LogP contribution in [0.4, 0.5) is 0 Å². The van der Waals surface area contributed by atoms with Crippen molar-refractivity contribution in [1.29, 1.82) is 0 Å². The molecule has 0 spiro atoms. The van der Waals surface area contributed by atoms with Crippen molar-refractivity contribution >= 4 is 10.8 Å². The molecule has 0 bridgehead atoms. The van der Waals surface area contributed by atoms with E-state index in [2.05, 4.69) is 23.4 Å². The third kappa shape index (κ3) is 3.07. The molecule has 2 aromatic rings. The maximum Gasteiger partial charge on any atom is 0.111 e. The molecule has 96 valence electrons. The second-order valence-corrected chi connectivity index (χ2v) is 6.07. The molecular weight excluding hydrogens is 244 g/mol. The number of imidazole rings is 1. The molecule has 0 radical (unpaired) electrons. The predicted octanol–water partition coefficient (Wildman–Crippen LogP) is 2.81. The number of hydrogen-bond acceptors (Lipinski definition) is 2. The van der Waals surface area contributed by atoms with Crippen molar-refractivity contribution < 1.29 is 4.21 Å². The zero-order valence-corrected chi connectivity index (χ0v) is 11.6. The standard InChI is InChI=1S/C14H18N2OS/c1-12(2)14-15-8-9-16(14)10-11-18(17)13-6-4-3-5-7-13/h3-9,12H,10-11H2,1-2H3. The molecule has 0 aliphatic heterocycles. The van der Waals surface area contributed by atoms with E-state index in [9.17, 15) is 4.21 Å². The lowest BCUT2D eigenvalue weighted by molar-refractivity contribution is 0.642. The Labute approximate surface area is 110 Å². The van der Waals surface area contributed by atoms with Crippen molar-refractivity contribution in [1.82, 2.24) is 9.55 Å². The van der Waals surface area contributed by atoms with Crippen LogP contribution in [0, 0.1) is 0 Å². The van der Waals surface area contributed by atoms with Crippen molar-refractivity contribution in [2.75, 3.05) is 5.75 Å². The van der Waals surface area contributed by atoms with Crippen LogP contribution >= 0.6 is 0 Å². The summed E-state index contributed by atoms with van der Waals surface area (Å²) in [4.78, 5) is 5.22. The molecule has 0 fully saturated rings. The van der Waals surface area contributed by atoms with E-state index in [4.69, 9.17) is 0 Å². The molecule has 1 unspecified atom stereocenters. The van der Waals surface area contributed by atoms with Gasteiger partial charge in [0.15, 0.2) is 0 Å². The summed E-state index contributed by atoms with van der Waals surface area (Å²) in [6.07, 6.45) is 3.76. The summed E-state index contributed by atoms with van der Waals surface area (Å²) in [7, 11) is -0.938. The highest BCUT2D eigenvalue weighted by molar-refractivity contribution is 7.85. The maximum absolute atomic E-state index is 12.1. The van der Waals surface area contributed by atoms with Crippen molar-refractivity contribution in [2.24, 2.45) is 0 Å². The Morgan fingerprint density at radius 2 is 2.00 bits per heavy atom. The molecule has 18 heavy (non-hydrogen) atoms. The lowest BCUT2D eigenvalue weighted by Crippen LogP contribution is -2.11. The van der Waals surface area contributed by atoms with E-state index in [0.29, 0.717) is 11.7 Å². The van der Waals surface area contributed by atoms with Gasteiger partial charge >= 0.3 is 0 Å². The average Bonchev–Trinajstić information content (AvgIpc) is 2.85. The smallest absolute Gasteiger partial charge is 0.111 e. The molecule has 0 N–H and O–H groups in total. The Balaban J connectivity index is 2.00. The minimum absolute atomic E-state index is 0.394. The highest BCUT2D eigenvalue weighted by atomic mass is 32.2. The van der Waals surface area contributed by atoms with Gasteiger partial charge in [0, 0.05) is 35.5 Å². The Kier molecular flexibility index (Phi) is 4.31. The summed E-state index contributed by atoms with van der Waals surface area (Å²) >= 11 is 0. The normalized spacial score (nSPS) is 12.8. The topological polar surface area (TPSA) is 34.9 Å². The SMILES string of the molecule is CC(C)c1nccn1CCS(=O)c1ccccc1. The molecule has 0 amide bonds. The van der Waals surface area contributed by atoms with Gasteiger partial charge in [0.1, 0.15) is 5.82 Å². The van der Waals surface area contributed by atoms with E-state index in [-0.39, 0.29) is 0 Å². The van der Waals surface area contributed by atoms with Crippen LogP contribution in [0.1, 0.15) is 25.6 Å². The fraction of sp³-hybridized carbons (Fsp3) is 0.357. The van der Waals surface area contributed by atoms with Crippen LogP contribution in [-0.4, -0.2) is 19.5 Å². The summed E-state index contributed by atoms with van der Waals surface area (Å²) in [5.41, 5.74) is 0. The molecular formula is C14H18N2OS. The molecule has 0 aliphatic carbocycles. The molecule has 0 saturated heterocycles. The number of benzene rings is 1. The van der Waals surface area contributed by atoms with Crippen LogP contribution in [0.3, 0.4) is 0 Å². The van der Waals surface area contributed by atoms with Gasteiger partial charge in [-0.25, -0.2) is 4.98 Å². The molecule has 4 heteroatoms. The van der Waals surface area contributed by atoms with Crippen molar-refractivity contribution in [3.8, 4) is 0 Å². The largest absolute Gasteiger partial charge is 0.334 e. The Hall–Kier alpha value is -1.42. The fourth-order valence-electron chi connectivity index (χ4n) is 1.88. The lowest BCUT2D eigenvalue weighted by Gasteiger charge is -2.10. The fourth-order valence-corrected chi connectivity index (χ4v) is 2.94. The van der Waals surface area contributed by atoms with Crippen LogP contribution in [0.2, 0.25) is 0 Å². The van der Waals surface area contributed by atoms with E-state index in [1.807, 2.05) is 36.5 Å². The van der Waals surface area contributed by atoms with Crippen LogP contribution in [-0.2, 0) is 17.3 Å². The Morgan fingerprint density at radius 3 is 2.67 bits per heavy atom. The van der Waals surface area contributed by atoms with E-state index < -0.39 is 10.8 Å². The van der Waals surface area contributed by atoms with Crippen molar-refractivity contribution in [3.05, 3.63) is 48.5 Å². The number of nitrogens with zero attached hydrogens (tertiary/aromatic N) is 2. The van der Waals surface area contributed by atoms with Gasteiger partial charge in [0.2, 0.25) is 0 Å². The second kappa shape index (κ2) is 5.96. The highest BCUT2D eigenvalue weighted by Crippen LogP contribution is 2.12. The first-order valence-corrected chi connectivity index (χ1v) is 7.45. The van der Waals surface area contributed by atoms with Crippen molar-refractivity contribution in [3.63, 3.8) is 0 Å². The van der Waals surface area contributed by atoms with Gasteiger partial charge < -0.3 is 4.57 Å². The molecule has 0 aliphatic rings. The summed E-state index contributed by atoms with van der Waals surface area (Å²) in [6.45, 7) is 4.98. The lowest BCUT2D eigenvalue weighted by atomic mass is 10.2. The minimum atomic E-state index is -0.938. The van der Waals surface area contributed by atoms with Gasteiger partial charge in [-0.15, -0.1) is 0 Å². The zero-order chi connectivity index (χ0) is 13.0. The number of rotatable bonds is 5. The summed E-state index contributed by atoms with van der Waals surface area (Å²) < 4.78 is 14.2. The molecule has 2 rings (SSSR count). The molecule has 0 saturated carbocycles. The molecule has 1 aromatic carbocycles. The van der Waals surface area contributed by atoms with Gasteiger partial charge in [0.05, 0.1) is 10.8 Å². The number of hydrogen-bond donors (Lipinski definition) is 0. The third-order valence-corrected chi connectivity index (χ3v) is 4.14. The van der Waals surface area contributed by atoms with Gasteiger partial charge in [-0.1, -0.05) is 32.0 Å². The molecule has 1 atom stereocenters. The Morgan fingerprint density at radius 1 is 1.28 bits per heavy atom. The van der Waals surface area contributed by atoms with Crippen LogP contribution in [0.15, 0.2) is 47.6 Å². The first kappa shape index (κ1) is 13.0. The monoisotopic (exact) mass is 262 g/mol. The summed E-state index contributed by atoms with van der Waals surface area (Å²) in [5.74, 6) is 2.07. The van der Waals surface area contributed by atoms with Crippen LogP contribution < -0.4 is 0 Å². The summed E-state index contributed by atoms with van der Waals surface area (Å²) in [5, 5.41) is 0. The van der Waals surface area contributed by atoms with E-state index in [1.165, 1.54) is 0 Å².